The zero-order valence-electron chi connectivity index (χ0n) is 15.4. The van der Waals surface area contributed by atoms with Gasteiger partial charge in [0.2, 0.25) is 17.8 Å². The summed E-state index contributed by atoms with van der Waals surface area (Å²) in [5.41, 5.74) is 1.97. The zero-order chi connectivity index (χ0) is 18.6. The Kier molecular flexibility index (Phi) is 4.86. The van der Waals surface area contributed by atoms with E-state index in [9.17, 15) is 4.79 Å². The number of imidazole rings is 1. The van der Waals surface area contributed by atoms with E-state index >= 15 is 0 Å². The molecule has 140 valence electrons. The summed E-state index contributed by atoms with van der Waals surface area (Å²) in [4.78, 5) is 26.9. The second-order valence-electron chi connectivity index (χ2n) is 6.64. The van der Waals surface area contributed by atoms with Gasteiger partial charge in [0.05, 0.1) is 11.0 Å². The quantitative estimate of drug-likeness (QED) is 0.626. The summed E-state index contributed by atoms with van der Waals surface area (Å²) in [6, 6.07) is 9.80. The van der Waals surface area contributed by atoms with E-state index in [2.05, 4.69) is 25.6 Å². The molecular formula is C19H23N7O. The van der Waals surface area contributed by atoms with Gasteiger partial charge in [0, 0.05) is 39.3 Å². The maximum atomic E-state index is 11.6. The Morgan fingerprint density at radius 2 is 2.07 bits per heavy atom. The fourth-order valence-corrected chi connectivity index (χ4v) is 3.30. The molecule has 27 heavy (non-hydrogen) atoms. The van der Waals surface area contributed by atoms with Crippen LogP contribution >= 0.6 is 0 Å². The molecule has 0 spiro atoms. The van der Waals surface area contributed by atoms with E-state index in [0.717, 1.165) is 49.3 Å². The third kappa shape index (κ3) is 3.84. The molecule has 2 N–H and O–H groups in total. The third-order valence-corrected chi connectivity index (χ3v) is 4.75. The molecule has 1 aliphatic rings. The smallest absolute Gasteiger partial charge is 0.231 e. The summed E-state index contributed by atoms with van der Waals surface area (Å²) in [7, 11) is 1.96. The number of anilines is 3. The number of likely N-dealkylation sites (tertiary alicyclic amines) is 1. The first-order valence-corrected chi connectivity index (χ1v) is 9.24. The molecule has 0 atom stereocenters. The van der Waals surface area contributed by atoms with Crippen molar-refractivity contribution >= 4 is 34.7 Å². The number of carbonyl (C=O) groups excluding carboxylic acids is 1. The Morgan fingerprint density at radius 1 is 1.19 bits per heavy atom. The lowest BCUT2D eigenvalue weighted by atomic mass is 10.3. The number of hydrogen-bond acceptors (Lipinski definition) is 6. The van der Waals surface area contributed by atoms with Crippen molar-refractivity contribution in [2.75, 3.05) is 30.3 Å². The Hall–Kier alpha value is -3.16. The minimum Gasteiger partial charge on any atom is -0.370 e. The predicted octanol–water partition coefficient (Wildman–Crippen LogP) is 2.53. The summed E-state index contributed by atoms with van der Waals surface area (Å²) in [6.45, 7) is 2.44. The van der Waals surface area contributed by atoms with Crippen LogP contribution < -0.4 is 10.6 Å². The van der Waals surface area contributed by atoms with Crippen molar-refractivity contribution < 1.29 is 4.79 Å². The minimum atomic E-state index is 0.269. The van der Waals surface area contributed by atoms with Gasteiger partial charge in [-0.05, 0) is 31.0 Å². The Morgan fingerprint density at radius 3 is 2.89 bits per heavy atom. The molecular weight excluding hydrogens is 342 g/mol. The molecule has 3 heterocycles. The van der Waals surface area contributed by atoms with E-state index in [0.29, 0.717) is 18.3 Å². The Bertz CT molecular complexity index is 952. The number of benzene rings is 1. The first kappa shape index (κ1) is 17.3. The average molecular weight is 365 g/mol. The topological polar surface area (TPSA) is 88.0 Å². The number of nitrogens with zero attached hydrogens (tertiary/aromatic N) is 5. The molecule has 1 saturated heterocycles. The number of aromatic nitrogens is 4. The summed E-state index contributed by atoms with van der Waals surface area (Å²) >= 11 is 0. The number of carbonyl (C=O) groups is 1. The first-order chi connectivity index (χ1) is 13.2. The molecule has 1 amide bonds. The predicted molar refractivity (Wildman–Crippen MR) is 105 cm³/mol. The first-order valence-electron chi connectivity index (χ1n) is 9.24. The van der Waals surface area contributed by atoms with Crippen LogP contribution in [0.2, 0.25) is 0 Å². The highest BCUT2D eigenvalue weighted by Gasteiger charge is 2.18. The molecule has 1 aliphatic heterocycles. The van der Waals surface area contributed by atoms with Gasteiger partial charge < -0.3 is 14.8 Å². The van der Waals surface area contributed by atoms with Gasteiger partial charge >= 0.3 is 0 Å². The highest BCUT2D eigenvalue weighted by molar-refractivity contribution is 5.79. The standard InChI is InChI=1S/C19H23N7O/c1-25-15-7-3-2-6-14(15)22-19(25)24-18-21-11-9-16(23-18)20-10-5-13-26-12-4-8-17(26)27/h2-3,6-7,9,11H,4-5,8,10,12-13H2,1H3,(H2,20,21,22,23,24). The largest absolute Gasteiger partial charge is 0.370 e. The van der Waals surface area contributed by atoms with Gasteiger partial charge in [0.15, 0.2) is 0 Å². The summed E-state index contributed by atoms with van der Waals surface area (Å²) in [5.74, 6) is 2.21. The van der Waals surface area contributed by atoms with Crippen molar-refractivity contribution in [2.24, 2.45) is 7.05 Å². The van der Waals surface area contributed by atoms with Crippen LogP contribution in [0.25, 0.3) is 11.0 Å². The van der Waals surface area contributed by atoms with Gasteiger partial charge in [0.1, 0.15) is 5.82 Å². The second kappa shape index (κ2) is 7.61. The number of fused-ring (bicyclic) bond motifs is 1. The molecule has 0 unspecified atom stereocenters. The van der Waals surface area contributed by atoms with Gasteiger partial charge in [0.25, 0.3) is 0 Å². The van der Waals surface area contributed by atoms with Crippen molar-refractivity contribution in [3.63, 3.8) is 0 Å². The molecule has 0 saturated carbocycles. The van der Waals surface area contributed by atoms with Gasteiger partial charge in [-0.2, -0.15) is 4.98 Å². The minimum absolute atomic E-state index is 0.269. The number of para-hydroxylation sites is 2. The van der Waals surface area contributed by atoms with Crippen molar-refractivity contribution in [1.29, 1.82) is 0 Å². The summed E-state index contributed by atoms with van der Waals surface area (Å²) in [5, 5.41) is 6.47. The number of rotatable bonds is 7. The van der Waals surface area contributed by atoms with Gasteiger partial charge in [-0.15, -0.1) is 0 Å². The molecule has 1 fully saturated rings. The van der Waals surface area contributed by atoms with E-state index in [4.69, 9.17) is 0 Å². The zero-order valence-corrected chi connectivity index (χ0v) is 15.4. The van der Waals surface area contributed by atoms with Crippen LogP contribution in [-0.4, -0.2) is 50.0 Å². The average Bonchev–Trinajstić information content (AvgIpc) is 3.23. The molecule has 0 radical (unpaired) electrons. The monoisotopic (exact) mass is 365 g/mol. The SMILES string of the molecule is Cn1c(Nc2nccc(NCCCN3CCCC3=O)n2)nc2ccccc21. The number of nitrogens with one attached hydrogen (secondary N) is 2. The van der Waals surface area contributed by atoms with Gasteiger partial charge in [-0.1, -0.05) is 12.1 Å². The van der Waals surface area contributed by atoms with Crippen LogP contribution in [0.5, 0.6) is 0 Å². The lowest BCUT2D eigenvalue weighted by Crippen LogP contribution is -2.27. The fourth-order valence-electron chi connectivity index (χ4n) is 3.30. The molecule has 4 rings (SSSR count). The van der Waals surface area contributed by atoms with E-state index in [1.807, 2.05) is 46.8 Å². The molecule has 3 aromatic rings. The van der Waals surface area contributed by atoms with Crippen LogP contribution in [0, 0.1) is 0 Å². The van der Waals surface area contributed by atoms with E-state index in [1.54, 1.807) is 6.20 Å². The van der Waals surface area contributed by atoms with E-state index in [-0.39, 0.29) is 5.91 Å². The molecule has 8 nitrogen and oxygen atoms in total. The van der Waals surface area contributed by atoms with Gasteiger partial charge in [-0.25, -0.2) is 9.97 Å². The van der Waals surface area contributed by atoms with E-state index in [1.165, 1.54) is 0 Å². The molecule has 1 aromatic carbocycles. The van der Waals surface area contributed by atoms with Crippen molar-refractivity contribution in [3.05, 3.63) is 36.5 Å². The second-order valence-corrected chi connectivity index (χ2v) is 6.64. The highest BCUT2D eigenvalue weighted by atomic mass is 16.2. The highest BCUT2D eigenvalue weighted by Crippen LogP contribution is 2.20. The summed E-state index contributed by atoms with van der Waals surface area (Å²) < 4.78 is 1.98. The van der Waals surface area contributed by atoms with Crippen LogP contribution in [0.3, 0.4) is 0 Å². The number of aryl methyl sites for hydroxylation is 1. The Labute approximate surface area is 157 Å². The third-order valence-electron chi connectivity index (χ3n) is 4.75. The van der Waals surface area contributed by atoms with Crippen molar-refractivity contribution in [1.82, 2.24) is 24.4 Å². The lowest BCUT2D eigenvalue weighted by molar-refractivity contribution is -0.127. The number of hydrogen-bond donors (Lipinski definition) is 2. The normalized spacial score (nSPS) is 14.1. The molecule has 0 bridgehead atoms. The van der Waals surface area contributed by atoms with Crippen molar-refractivity contribution in [3.8, 4) is 0 Å². The maximum absolute atomic E-state index is 11.6. The van der Waals surface area contributed by atoms with Crippen LogP contribution in [-0.2, 0) is 11.8 Å². The summed E-state index contributed by atoms with van der Waals surface area (Å²) in [6.07, 6.45) is 4.28. The van der Waals surface area contributed by atoms with Crippen LogP contribution in [0.15, 0.2) is 36.5 Å². The van der Waals surface area contributed by atoms with Gasteiger partial charge in [-0.3, -0.25) is 10.1 Å². The Balaban J connectivity index is 1.35. The van der Waals surface area contributed by atoms with Crippen molar-refractivity contribution in [2.45, 2.75) is 19.3 Å². The molecule has 8 heteroatoms. The fraction of sp³-hybridized carbons (Fsp3) is 0.368. The van der Waals surface area contributed by atoms with Crippen LogP contribution in [0.4, 0.5) is 17.7 Å². The maximum Gasteiger partial charge on any atom is 0.231 e. The van der Waals surface area contributed by atoms with E-state index < -0.39 is 0 Å². The lowest BCUT2D eigenvalue weighted by Gasteiger charge is -2.15. The van der Waals surface area contributed by atoms with Crippen LogP contribution in [0.1, 0.15) is 19.3 Å². The number of amides is 1. The molecule has 0 aliphatic carbocycles. The molecule has 2 aromatic heterocycles.